The molecule has 0 aliphatic carbocycles. The van der Waals surface area contributed by atoms with Crippen molar-refractivity contribution in [2.24, 2.45) is 0 Å². The summed E-state index contributed by atoms with van der Waals surface area (Å²) in [7, 11) is 0. The van der Waals surface area contributed by atoms with Crippen molar-refractivity contribution in [3.05, 3.63) is 64.4 Å². The topological polar surface area (TPSA) is 69.6 Å². The van der Waals surface area contributed by atoms with Crippen LogP contribution < -0.4 is 10.2 Å². The average Bonchev–Trinajstić information content (AvgIpc) is 2.92. The fourth-order valence-electron chi connectivity index (χ4n) is 2.77. The number of halogens is 2. The number of carbonyl (C=O) groups excluding carboxylic acids is 2. The van der Waals surface area contributed by atoms with Crippen LogP contribution >= 0.6 is 15.9 Å². The van der Waals surface area contributed by atoms with Crippen molar-refractivity contribution in [2.75, 3.05) is 11.4 Å². The number of hydrogen-bond acceptors (Lipinski definition) is 3. The van der Waals surface area contributed by atoms with Gasteiger partial charge in [0.05, 0.1) is 0 Å². The Bertz CT molecular complexity index is 815. The number of nitrogens with one attached hydrogen (secondary N) is 1. The smallest absolute Gasteiger partial charge is 0.268 e. The second kappa shape index (κ2) is 6.93. The zero-order valence-electron chi connectivity index (χ0n) is 13.2. The highest BCUT2D eigenvalue weighted by atomic mass is 79.9. The van der Waals surface area contributed by atoms with Gasteiger partial charge in [0.2, 0.25) is 5.60 Å². The minimum absolute atomic E-state index is 0.0203. The van der Waals surface area contributed by atoms with E-state index in [0.29, 0.717) is 10.2 Å². The Labute approximate surface area is 152 Å². The van der Waals surface area contributed by atoms with E-state index in [0.717, 1.165) is 0 Å². The van der Waals surface area contributed by atoms with Gasteiger partial charge in [-0.1, -0.05) is 34.1 Å². The summed E-state index contributed by atoms with van der Waals surface area (Å²) in [4.78, 5) is 26.3. The molecule has 2 aromatic carbocycles. The van der Waals surface area contributed by atoms with Crippen LogP contribution in [-0.4, -0.2) is 29.1 Å². The summed E-state index contributed by atoms with van der Waals surface area (Å²) < 4.78 is 14.4. The molecule has 1 aliphatic rings. The quantitative estimate of drug-likeness (QED) is 0.765. The third kappa shape index (κ3) is 3.43. The molecule has 7 heteroatoms. The number of carbonyl (C=O) groups is 2. The van der Waals surface area contributed by atoms with E-state index in [1.807, 2.05) is 6.07 Å². The summed E-state index contributed by atoms with van der Waals surface area (Å²) in [6, 6.07) is 13.2. The molecule has 1 aliphatic heterocycles. The Kier molecular flexibility index (Phi) is 4.87. The van der Waals surface area contributed by atoms with E-state index in [4.69, 9.17) is 0 Å². The van der Waals surface area contributed by atoms with Crippen LogP contribution in [0.4, 0.5) is 10.1 Å². The van der Waals surface area contributed by atoms with Gasteiger partial charge in [-0.3, -0.25) is 9.59 Å². The third-order valence-electron chi connectivity index (χ3n) is 4.19. The van der Waals surface area contributed by atoms with Gasteiger partial charge in [0.1, 0.15) is 5.82 Å². The van der Waals surface area contributed by atoms with E-state index in [2.05, 4.69) is 21.2 Å². The Morgan fingerprint density at radius 1 is 1.28 bits per heavy atom. The van der Waals surface area contributed by atoms with Gasteiger partial charge in [-0.2, -0.15) is 0 Å². The molecule has 130 valence electrons. The minimum atomic E-state index is -2.14. The van der Waals surface area contributed by atoms with Crippen LogP contribution in [0.15, 0.2) is 53.0 Å². The first-order chi connectivity index (χ1) is 11.9. The van der Waals surface area contributed by atoms with E-state index < -0.39 is 23.2 Å². The lowest BCUT2D eigenvalue weighted by molar-refractivity contribution is -0.149. The van der Waals surface area contributed by atoms with E-state index in [9.17, 15) is 19.1 Å². The molecular weight excluding hydrogens is 391 g/mol. The van der Waals surface area contributed by atoms with Crippen molar-refractivity contribution in [3.63, 3.8) is 0 Å². The molecule has 0 spiro atoms. The Morgan fingerprint density at radius 2 is 2.00 bits per heavy atom. The van der Waals surface area contributed by atoms with Crippen LogP contribution in [-0.2, 0) is 16.1 Å². The summed E-state index contributed by atoms with van der Waals surface area (Å²) in [5.74, 6) is -1.97. The van der Waals surface area contributed by atoms with Crippen molar-refractivity contribution in [3.8, 4) is 0 Å². The molecule has 1 fully saturated rings. The molecule has 0 aromatic heterocycles. The van der Waals surface area contributed by atoms with Crippen LogP contribution in [0.25, 0.3) is 0 Å². The zero-order valence-corrected chi connectivity index (χ0v) is 14.8. The molecule has 2 amide bonds. The molecule has 0 saturated carbocycles. The second-order valence-electron chi connectivity index (χ2n) is 5.82. The number of nitrogens with zero attached hydrogens (tertiary/aromatic N) is 1. The molecular formula is C18H16BrFN2O3. The van der Waals surface area contributed by atoms with Crippen LogP contribution in [0.3, 0.4) is 0 Å². The average molecular weight is 407 g/mol. The fourth-order valence-corrected chi connectivity index (χ4v) is 3.18. The maximum absolute atomic E-state index is 13.7. The lowest BCUT2D eigenvalue weighted by atomic mass is 10.0. The highest BCUT2D eigenvalue weighted by molar-refractivity contribution is 9.10. The first-order valence-electron chi connectivity index (χ1n) is 7.73. The molecule has 0 unspecified atom stereocenters. The van der Waals surface area contributed by atoms with Crippen LogP contribution in [0.2, 0.25) is 0 Å². The number of amides is 2. The molecule has 3 rings (SSSR count). The van der Waals surface area contributed by atoms with E-state index in [1.165, 1.54) is 17.0 Å². The summed E-state index contributed by atoms with van der Waals surface area (Å²) in [5.41, 5.74) is -1.26. The minimum Gasteiger partial charge on any atom is -0.372 e. The molecule has 2 N–H and O–H groups in total. The standard InChI is InChI=1S/C18H16BrFN2O3/c19-13-6-7-15(20)12(10-13)11-21-16(23)18(25)8-9-22(17(18)24)14-4-2-1-3-5-14/h1-7,10,25H,8-9,11H2,(H,21,23)/t18-/m0/s1. The number of para-hydroxylation sites is 1. The predicted octanol–water partition coefficient (Wildman–Crippen LogP) is 2.37. The van der Waals surface area contributed by atoms with Crippen LogP contribution in [0.5, 0.6) is 0 Å². The summed E-state index contributed by atoms with van der Waals surface area (Å²) in [5, 5.41) is 13.0. The fraction of sp³-hybridized carbons (Fsp3) is 0.222. The molecule has 25 heavy (non-hydrogen) atoms. The highest BCUT2D eigenvalue weighted by Gasteiger charge is 2.51. The van der Waals surface area contributed by atoms with Crippen molar-refractivity contribution < 1.29 is 19.1 Å². The van der Waals surface area contributed by atoms with Gasteiger partial charge in [0.25, 0.3) is 11.8 Å². The monoisotopic (exact) mass is 406 g/mol. The first-order valence-corrected chi connectivity index (χ1v) is 8.53. The number of benzene rings is 2. The highest BCUT2D eigenvalue weighted by Crippen LogP contribution is 2.28. The third-order valence-corrected chi connectivity index (χ3v) is 4.68. The van der Waals surface area contributed by atoms with Crippen molar-refractivity contribution >= 4 is 33.4 Å². The van der Waals surface area contributed by atoms with Gasteiger partial charge in [0, 0.05) is 35.2 Å². The molecule has 5 nitrogen and oxygen atoms in total. The lowest BCUT2D eigenvalue weighted by Crippen LogP contribution is -2.52. The normalized spacial score (nSPS) is 20.0. The van der Waals surface area contributed by atoms with E-state index in [-0.39, 0.29) is 25.1 Å². The van der Waals surface area contributed by atoms with Gasteiger partial charge < -0.3 is 15.3 Å². The van der Waals surface area contributed by atoms with Crippen LogP contribution in [0, 0.1) is 5.82 Å². The number of anilines is 1. The number of aliphatic hydroxyl groups is 1. The van der Waals surface area contributed by atoms with Crippen molar-refractivity contribution in [1.82, 2.24) is 5.32 Å². The van der Waals surface area contributed by atoms with Gasteiger partial charge in [-0.05, 0) is 30.3 Å². The Balaban J connectivity index is 1.71. The lowest BCUT2D eigenvalue weighted by Gasteiger charge is -2.21. The summed E-state index contributed by atoms with van der Waals surface area (Å²) in [6.45, 7) is 0.114. The predicted molar refractivity (Wildman–Crippen MR) is 94.3 cm³/mol. The van der Waals surface area contributed by atoms with Crippen LogP contribution in [0.1, 0.15) is 12.0 Å². The molecule has 1 saturated heterocycles. The van der Waals surface area contributed by atoms with Crippen molar-refractivity contribution in [1.29, 1.82) is 0 Å². The largest absolute Gasteiger partial charge is 0.372 e. The molecule has 0 bridgehead atoms. The summed E-state index contributed by atoms with van der Waals surface area (Å²) in [6.07, 6.45) is -0.0203. The van der Waals surface area contributed by atoms with Gasteiger partial charge >= 0.3 is 0 Å². The maximum Gasteiger partial charge on any atom is 0.268 e. The number of rotatable bonds is 4. The first kappa shape index (κ1) is 17.6. The molecule has 0 radical (unpaired) electrons. The Morgan fingerprint density at radius 3 is 2.72 bits per heavy atom. The van der Waals surface area contributed by atoms with E-state index >= 15 is 0 Å². The molecule has 1 atom stereocenters. The van der Waals surface area contributed by atoms with Gasteiger partial charge in [-0.25, -0.2) is 4.39 Å². The SMILES string of the molecule is O=C(NCc1cc(Br)ccc1F)[C@@]1(O)CCN(c2ccccc2)C1=O. The zero-order chi connectivity index (χ0) is 18.0. The molecule has 1 heterocycles. The van der Waals surface area contributed by atoms with Crippen molar-refractivity contribution in [2.45, 2.75) is 18.6 Å². The van der Waals surface area contributed by atoms with Gasteiger partial charge in [0.15, 0.2) is 0 Å². The number of hydrogen-bond donors (Lipinski definition) is 2. The maximum atomic E-state index is 13.7. The Hall–Kier alpha value is -2.25. The second-order valence-corrected chi connectivity index (χ2v) is 6.74. The van der Waals surface area contributed by atoms with Gasteiger partial charge in [-0.15, -0.1) is 0 Å². The molecule has 2 aromatic rings. The summed E-state index contributed by atoms with van der Waals surface area (Å²) >= 11 is 3.23. The van der Waals surface area contributed by atoms with E-state index in [1.54, 1.807) is 30.3 Å².